The summed E-state index contributed by atoms with van der Waals surface area (Å²) in [7, 11) is 0. The Kier molecular flexibility index (Phi) is 5.31. The highest BCUT2D eigenvalue weighted by Crippen LogP contribution is 2.31. The first-order valence-corrected chi connectivity index (χ1v) is 7.47. The predicted octanol–water partition coefficient (Wildman–Crippen LogP) is 1.19. The monoisotopic (exact) mass is 357 g/mol. The van der Waals surface area contributed by atoms with Crippen LogP contribution in [0.25, 0.3) is 11.0 Å². The molecule has 1 unspecified atom stereocenters. The van der Waals surface area contributed by atoms with Crippen LogP contribution in [0.5, 0.6) is 0 Å². The molecule has 2 amide bonds. The van der Waals surface area contributed by atoms with Crippen LogP contribution >= 0.6 is 0 Å². The molecular weight excluding hydrogens is 339 g/mol. The van der Waals surface area contributed by atoms with Gasteiger partial charge < -0.3 is 9.88 Å². The van der Waals surface area contributed by atoms with Crippen LogP contribution in [0.15, 0.2) is 24.3 Å². The highest BCUT2D eigenvalue weighted by molar-refractivity contribution is 5.88. The molecule has 2 aromatic rings. The van der Waals surface area contributed by atoms with Gasteiger partial charge in [0.15, 0.2) is 0 Å². The summed E-state index contributed by atoms with van der Waals surface area (Å²) in [6.45, 7) is 2.72. The number of hydrogen-bond donors (Lipinski definition) is 3. The number of halogens is 3. The van der Waals surface area contributed by atoms with Crippen molar-refractivity contribution in [2.24, 2.45) is 11.8 Å². The predicted molar refractivity (Wildman–Crippen MR) is 83.8 cm³/mol. The molecule has 0 aliphatic rings. The van der Waals surface area contributed by atoms with Crippen LogP contribution < -0.4 is 16.6 Å². The lowest BCUT2D eigenvalue weighted by molar-refractivity contribution is -0.147. The molecule has 4 N–H and O–H groups in total. The minimum absolute atomic E-state index is 0.128. The van der Waals surface area contributed by atoms with Gasteiger partial charge >= 0.3 is 6.18 Å². The number of imidazole rings is 1. The van der Waals surface area contributed by atoms with Crippen molar-refractivity contribution in [3.05, 3.63) is 30.1 Å². The Balaban J connectivity index is 2.33. The normalized spacial score (nSPS) is 13.1. The number of alkyl halides is 3. The van der Waals surface area contributed by atoms with Gasteiger partial charge in [-0.05, 0) is 18.1 Å². The van der Waals surface area contributed by atoms with E-state index in [0.717, 1.165) is 4.57 Å². The first kappa shape index (κ1) is 18.7. The van der Waals surface area contributed by atoms with E-state index in [0.29, 0.717) is 0 Å². The molecule has 7 nitrogen and oxygen atoms in total. The zero-order valence-corrected chi connectivity index (χ0v) is 13.6. The number of carbonyl (C=O) groups excluding carboxylic acids is 2. The van der Waals surface area contributed by atoms with E-state index >= 15 is 0 Å². The number of hydrogen-bond acceptors (Lipinski definition) is 4. The molecule has 0 fully saturated rings. The van der Waals surface area contributed by atoms with E-state index in [1.165, 1.54) is 12.1 Å². The lowest BCUT2D eigenvalue weighted by Crippen LogP contribution is -2.52. The van der Waals surface area contributed by atoms with E-state index in [1.54, 1.807) is 26.0 Å². The van der Waals surface area contributed by atoms with Crippen molar-refractivity contribution < 1.29 is 22.8 Å². The van der Waals surface area contributed by atoms with Crippen molar-refractivity contribution in [1.29, 1.82) is 0 Å². The van der Waals surface area contributed by atoms with Crippen LogP contribution in [0, 0.1) is 5.92 Å². The number of aromatic nitrogens is 2. The van der Waals surface area contributed by atoms with E-state index in [9.17, 15) is 22.8 Å². The summed E-state index contributed by atoms with van der Waals surface area (Å²) in [5, 5.41) is 2.40. The number of amides is 2. The van der Waals surface area contributed by atoms with Crippen molar-refractivity contribution in [2.75, 3.05) is 0 Å². The second-order valence-corrected chi connectivity index (χ2v) is 5.81. The van der Waals surface area contributed by atoms with Gasteiger partial charge in [-0.2, -0.15) is 13.2 Å². The number of nitrogens with two attached hydrogens (primary N) is 1. The lowest BCUT2D eigenvalue weighted by Gasteiger charge is -2.21. The molecule has 0 saturated carbocycles. The highest BCUT2D eigenvalue weighted by atomic mass is 19.4. The van der Waals surface area contributed by atoms with Crippen LogP contribution in [-0.2, 0) is 22.3 Å². The molecule has 0 spiro atoms. The molecule has 136 valence electrons. The van der Waals surface area contributed by atoms with Gasteiger partial charge in [0.05, 0.1) is 11.0 Å². The summed E-state index contributed by atoms with van der Waals surface area (Å²) >= 11 is 0. The third-order valence-electron chi connectivity index (χ3n) is 3.62. The van der Waals surface area contributed by atoms with Crippen molar-refractivity contribution in [3.8, 4) is 0 Å². The lowest BCUT2D eigenvalue weighted by atomic mass is 10.0. The van der Waals surface area contributed by atoms with Gasteiger partial charge in [0.1, 0.15) is 12.6 Å². The van der Waals surface area contributed by atoms with Crippen LogP contribution in [0.1, 0.15) is 19.7 Å². The first-order chi connectivity index (χ1) is 11.6. The number of hydrazine groups is 1. The molecule has 1 atom stereocenters. The standard InChI is InChI=1S/C15H18F3N5O2/c1-8(2)12(13(25)22-19)21-11(24)7-23-10-6-4-3-5-9(10)20-14(23)15(16,17)18/h3-6,8,12H,7,19H2,1-2H3,(H,21,24)(H,22,25). The molecule has 25 heavy (non-hydrogen) atoms. The van der Waals surface area contributed by atoms with Gasteiger partial charge in [-0.25, -0.2) is 10.8 Å². The van der Waals surface area contributed by atoms with Gasteiger partial charge in [-0.3, -0.25) is 15.0 Å². The maximum Gasteiger partial charge on any atom is 0.449 e. The Morgan fingerprint density at radius 2 is 1.92 bits per heavy atom. The van der Waals surface area contributed by atoms with E-state index in [4.69, 9.17) is 5.84 Å². The topological polar surface area (TPSA) is 102 Å². The molecule has 0 aliphatic carbocycles. The van der Waals surface area contributed by atoms with Crippen LogP contribution in [0.3, 0.4) is 0 Å². The van der Waals surface area contributed by atoms with E-state index in [2.05, 4.69) is 10.3 Å². The quantitative estimate of drug-likeness (QED) is 0.425. The number of rotatable bonds is 5. The van der Waals surface area contributed by atoms with Crippen molar-refractivity contribution >= 4 is 22.8 Å². The van der Waals surface area contributed by atoms with Gasteiger partial charge in [0, 0.05) is 0 Å². The number of benzene rings is 1. The highest BCUT2D eigenvalue weighted by Gasteiger charge is 2.38. The summed E-state index contributed by atoms with van der Waals surface area (Å²) in [4.78, 5) is 27.5. The Bertz CT molecular complexity index is 785. The summed E-state index contributed by atoms with van der Waals surface area (Å²) in [5.74, 6) is 2.21. The fourth-order valence-corrected chi connectivity index (χ4v) is 2.44. The smallest absolute Gasteiger partial charge is 0.342 e. The molecular formula is C15H18F3N5O2. The van der Waals surface area contributed by atoms with Gasteiger partial charge in [-0.15, -0.1) is 0 Å². The fraction of sp³-hybridized carbons (Fsp3) is 0.400. The Labute approximate surface area is 141 Å². The molecule has 0 aliphatic heterocycles. The van der Waals surface area contributed by atoms with E-state index in [-0.39, 0.29) is 17.0 Å². The number of nitrogens with zero attached hydrogens (tertiary/aromatic N) is 2. The Morgan fingerprint density at radius 3 is 2.48 bits per heavy atom. The molecule has 1 heterocycles. The van der Waals surface area contributed by atoms with Crippen molar-refractivity contribution in [2.45, 2.75) is 32.6 Å². The maximum atomic E-state index is 13.2. The molecule has 2 rings (SSSR count). The van der Waals surface area contributed by atoms with Gasteiger partial charge in [-0.1, -0.05) is 26.0 Å². The third-order valence-corrected chi connectivity index (χ3v) is 3.62. The number of para-hydroxylation sites is 2. The van der Waals surface area contributed by atoms with Crippen LogP contribution in [-0.4, -0.2) is 27.4 Å². The van der Waals surface area contributed by atoms with E-state index < -0.39 is 36.4 Å². The average molecular weight is 357 g/mol. The maximum absolute atomic E-state index is 13.2. The van der Waals surface area contributed by atoms with Crippen LogP contribution in [0.2, 0.25) is 0 Å². The van der Waals surface area contributed by atoms with Crippen LogP contribution in [0.4, 0.5) is 13.2 Å². The SMILES string of the molecule is CC(C)C(NC(=O)Cn1c(C(F)(F)F)nc2ccccc21)C(=O)NN. The molecule has 1 aromatic heterocycles. The summed E-state index contributed by atoms with van der Waals surface area (Å²) in [5.41, 5.74) is 2.23. The molecule has 0 radical (unpaired) electrons. The minimum Gasteiger partial charge on any atom is -0.342 e. The summed E-state index contributed by atoms with van der Waals surface area (Å²) < 4.78 is 40.4. The molecule has 0 saturated heterocycles. The van der Waals surface area contributed by atoms with Gasteiger partial charge in [0.25, 0.3) is 5.91 Å². The fourth-order valence-electron chi connectivity index (χ4n) is 2.44. The zero-order valence-electron chi connectivity index (χ0n) is 13.6. The number of nitrogens with one attached hydrogen (secondary N) is 2. The second-order valence-electron chi connectivity index (χ2n) is 5.81. The zero-order chi connectivity index (χ0) is 18.8. The molecule has 1 aromatic carbocycles. The minimum atomic E-state index is -4.72. The molecule has 10 heteroatoms. The number of fused-ring (bicyclic) bond motifs is 1. The number of carbonyl (C=O) groups is 2. The van der Waals surface area contributed by atoms with E-state index in [1.807, 2.05) is 5.43 Å². The third kappa shape index (κ3) is 4.08. The Morgan fingerprint density at radius 1 is 1.28 bits per heavy atom. The van der Waals surface area contributed by atoms with Crippen molar-refractivity contribution in [1.82, 2.24) is 20.3 Å². The largest absolute Gasteiger partial charge is 0.449 e. The van der Waals surface area contributed by atoms with Gasteiger partial charge in [0.2, 0.25) is 11.7 Å². The summed E-state index contributed by atoms with van der Waals surface area (Å²) in [6, 6.07) is 5.02. The first-order valence-electron chi connectivity index (χ1n) is 7.47. The second kappa shape index (κ2) is 7.09. The average Bonchev–Trinajstić information content (AvgIpc) is 2.90. The Hall–Kier alpha value is -2.62. The molecule has 0 bridgehead atoms. The van der Waals surface area contributed by atoms with Crippen molar-refractivity contribution in [3.63, 3.8) is 0 Å². The summed E-state index contributed by atoms with van der Waals surface area (Å²) in [6.07, 6.45) is -4.72.